The minimum absolute atomic E-state index is 0.110. The van der Waals surface area contributed by atoms with Gasteiger partial charge in [-0.25, -0.2) is 0 Å². The number of allylic oxidation sites excluding steroid dienone is 2. The second kappa shape index (κ2) is 48.3. The maximum Gasteiger partial charge on any atom is 0.306 e. The number of ether oxygens (including phenoxy) is 7. The van der Waals surface area contributed by atoms with Crippen molar-refractivity contribution in [2.24, 2.45) is 0 Å². The molecule has 12 nitrogen and oxygen atoms in total. The van der Waals surface area contributed by atoms with E-state index in [9.17, 15) is 24.6 Å². The molecule has 0 radical (unpaired) electrons. The summed E-state index contributed by atoms with van der Waals surface area (Å²) in [6, 6.07) is 0. The third kappa shape index (κ3) is 39.1. The number of hydrogen-bond acceptors (Lipinski definition) is 12. The van der Waals surface area contributed by atoms with Crippen LogP contribution in [0.15, 0.2) is 24.3 Å². The van der Waals surface area contributed by atoms with Crippen LogP contribution in [0.1, 0.15) is 258 Å². The van der Waals surface area contributed by atoms with Gasteiger partial charge in [-0.15, -0.1) is 0 Å². The van der Waals surface area contributed by atoms with E-state index >= 15 is 0 Å². The van der Waals surface area contributed by atoms with Crippen molar-refractivity contribution in [2.45, 2.75) is 307 Å². The molecule has 0 aliphatic carbocycles. The number of hydrogen-bond donors (Lipinski definition) is 2. The van der Waals surface area contributed by atoms with Crippen LogP contribution in [0, 0.1) is 0 Å². The topological polar surface area (TPSA) is 160 Å². The number of epoxide rings is 1. The van der Waals surface area contributed by atoms with Crippen molar-refractivity contribution in [3.8, 4) is 0 Å². The minimum atomic E-state index is -0.858. The van der Waals surface area contributed by atoms with Crippen LogP contribution in [-0.4, -0.2) is 111 Å². The molecule has 1 saturated heterocycles. The first kappa shape index (κ1) is 67.7. The third-order valence-electron chi connectivity index (χ3n) is 14.1. The molecule has 72 heavy (non-hydrogen) atoms. The van der Waals surface area contributed by atoms with Crippen molar-refractivity contribution in [3.05, 3.63) is 24.3 Å². The summed E-state index contributed by atoms with van der Waals surface area (Å²) in [5.74, 6) is -1.09. The normalized spacial score (nSPS) is 17.2. The van der Waals surface area contributed by atoms with Crippen molar-refractivity contribution in [1.29, 1.82) is 0 Å². The van der Waals surface area contributed by atoms with Gasteiger partial charge in [0.2, 0.25) is 0 Å². The second-order valence-electron chi connectivity index (χ2n) is 20.6. The van der Waals surface area contributed by atoms with Gasteiger partial charge in [-0.05, 0) is 83.5 Å². The van der Waals surface area contributed by atoms with Crippen LogP contribution < -0.4 is 0 Å². The molecule has 0 spiro atoms. The van der Waals surface area contributed by atoms with Gasteiger partial charge < -0.3 is 43.4 Å². The van der Waals surface area contributed by atoms with Gasteiger partial charge in [0.25, 0.3) is 0 Å². The molecule has 0 amide bonds. The molecule has 0 bridgehead atoms. The van der Waals surface area contributed by atoms with Crippen molar-refractivity contribution >= 4 is 17.9 Å². The van der Waals surface area contributed by atoms with Gasteiger partial charge in [0.1, 0.15) is 13.2 Å². The number of carbonyl (C=O) groups excluding carboxylic acids is 3. The highest BCUT2D eigenvalue weighted by Crippen LogP contribution is 2.31. The summed E-state index contributed by atoms with van der Waals surface area (Å²) in [7, 11) is 5.14. The van der Waals surface area contributed by atoms with Crippen molar-refractivity contribution < 1.29 is 57.8 Å². The molecule has 0 saturated carbocycles. The Kier molecular flexibility index (Phi) is 45.4. The van der Waals surface area contributed by atoms with Gasteiger partial charge in [-0.3, -0.25) is 14.4 Å². The highest BCUT2D eigenvalue weighted by atomic mass is 16.6. The van der Waals surface area contributed by atoms with Crippen LogP contribution in [0.4, 0.5) is 0 Å². The Balaban J connectivity index is 2.42. The van der Waals surface area contributed by atoms with Crippen LogP contribution in [0.2, 0.25) is 0 Å². The zero-order valence-corrected chi connectivity index (χ0v) is 47.0. The van der Waals surface area contributed by atoms with Gasteiger partial charge in [-0.2, -0.15) is 0 Å². The fourth-order valence-corrected chi connectivity index (χ4v) is 9.34. The molecule has 0 aromatic carbocycles. The van der Waals surface area contributed by atoms with E-state index in [2.05, 4.69) is 45.1 Å². The standard InChI is InChI=1S/C60H110O12/c1-7-10-12-13-26-34-43-55(68-6)53(62)41-33-25-22-29-36-45-59(64)70-49-51(48-69-58(63)44-35-27-20-17-15-19-24-32-40-52(61)54(67-5)42-30-11-8-2)71-60(65)46-37-28-21-16-14-18-23-31-39-50(66-4)47-57-56(72-57)38-9-3/h23-24,31-32,50-57,61-62H,7-22,25-30,33-49H2,1-6H3/b31-23-,32-24-. The lowest BCUT2D eigenvalue weighted by molar-refractivity contribution is -0.167. The monoisotopic (exact) mass is 1020 g/mol. The maximum atomic E-state index is 12.9. The fourth-order valence-electron chi connectivity index (χ4n) is 9.34. The van der Waals surface area contributed by atoms with E-state index in [1.807, 2.05) is 0 Å². The number of aliphatic hydroxyl groups is 2. The zero-order valence-electron chi connectivity index (χ0n) is 47.0. The molecule has 0 aromatic rings. The number of methoxy groups -OCH3 is 3. The van der Waals surface area contributed by atoms with Gasteiger partial charge in [-0.1, -0.05) is 173 Å². The molecular weight excluding hydrogens is 913 g/mol. The van der Waals surface area contributed by atoms with Gasteiger partial charge >= 0.3 is 17.9 Å². The van der Waals surface area contributed by atoms with Crippen LogP contribution in [0.3, 0.4) is 0 Å². The maximum absolute atomic E-state index is 12.9. The highest BCUT2D eigenvalue weighted by molar-refractivity contribution is 5.71. The predicted octanol–water partition coefficient (Wildman–Crippen LogP) is 14.1. The van der Waals surface area contributed by atoms with E-state index in [1.165, 1.54) is 32.1 Å². The minimum Gasteiger partial charge on any atom is -0.462 e. The first-order valence-electron chi connectivity index (χ1n) is 29.5. The van der Waals surface area contributed by atoms with E-state index in [4.69, 9.17) is 33.2 Å². The first-order chi connectivity index (χ1) is 35.1. The SMILES string of the molecule is CCCCCCCCC(OC)C(O)CCCCCCCC(=O)OCC(COC(=O)CCCCCCC/C=C\CC(O)C(CCCCC)OC)OC(=O)CCCCCCC/C=C\CC(CC1OC1CCC)OC. The molecule has 1 aliphatic heterocycles. The Morgan fingerprint density at radius 2 is 0.903 bits per heavy atom. The predicted molar refractivity (Wildman–Crippen MR) is 291 cm³/mol. The largest absolute Gasteiger partial charge is 0.462 e. The van der Waals surface area contributed by atoms with E-state index in [0.717, 1.165) is 154 Å². The van der Waals surface area contributed by atoms with Gasteiger partial charge in [0.05, 0.1) is 42.7 Å². The molecule has 8 unspecified atom stereocenters. The van der Waals surface area contributed by atoms with Crippen molar-refractivity contribution in [3.63, 3.8) is 0 Å². The molecule has 1 fully saturated rings. The van der Waals surface area contributed by atoms with Crippen molar-refractivity contribution in [2.75, 3.05) is 34.5 Å². The Morgan fingerprint density at radius 3 is 1.43 bits per heavy atom. The van der Waals surface area contributed by atoms with E-state index in [-0.39, 0.29) is 68.7 Å². The van der Waals surface area contributed by atoms with Crippen LogP contribution in [0.5, 0.6) is 0 Å². The van der Waals surface area contributed by atoms with E-state index in [0.29, 0.717) is 44.3 Å². The Hall–Kier alpha value is -2.35. The highest BCUT2D eigenvalue weighted by Gasteiger charge is 2.39. The molecule has 422 valence electrons. The molecule has 2 N–H and O–H groups in total. The Morgan fingerprint density at radius 1 is 0.458 bits per heavy atom. The van der Waals surface area contributed by atoms with Crippen molar-refractivity contribution in [1.82, 2.24) is 0 Å². The summed E-state index contributed by atoms with van der Waals surface area (Å²) < 4.78 is 39.4. The summed E-state index contributed by atoms with van der Waals surface area (Å²) in [6.07, 6.45) is 42.4. The van der Waals surface area contributed by atoms with Crippen LogP contribution in [0.25, 0.3) is 0 Å². The first-order valence-corrected chi connectivity index (χ1v) is 29.5. The zero-order chi connectivity index (χ0) is 52.7. The summed E-state index contributed by atoms with van der Waals surface area (Å²) in [6.45, 7) is 6.29. The average Bonchev–Trinajstić information content (AvgIpc) is 4.12. The lowest BCUT2D eigenvalue weighted by atomic mass is 9.99. The summed E-state index contributed by atoms with van der Waals surface area (Å²) >= 11 is 0. The lowest BCUT2D eigenvalue weighted by Gasteiger charge is -2.21. The molecule has 1 heterocycles. The molecular formula is C60H110O12. The van der Waals surface area contributed by atoms with Gasteiger partial charge in [0.15, 0.2) is 6.10 Å². The summed E-state index contributed by atoms with van der Waals surface area (Å²) in [5, 5.41) is 21.2. The molecule has 8 atom stereocenters. The number of unbranched alkanes of at least 4 members (excludes halogenated alkanes) is 21. The van der Waals surface area contributed by atoms with E-state index < -0.39 is 18.3 Å². The summed E-state index contributed by atoms with van der Waals surface area (Å²) in [4.78, 5) is 38.4. The number of aliphatic hydroxyl groups excluding tert-OH is 2. The molecule has 1 rings (SSSR count). The molecule has 12 heteroatoms. The fraction of sp³-hybridized carbons (Fsp3) is 0.883. The quantitative estimate of drug-likeness (QED) is 0.0195. The number of esters is 3. The van der Waals surface area contributed by atoms with E-state index in [1.54, 1.807) is 21.3 Å². The second-order valence-corrected chi connectivity index (χ2v) is 20.6. The smallest absolute Gasteiger partial charge is 0.306 e. The van der Waals surface area contributed by atoms with Gasteiger partial charge in [0, 0.05) is 47.0 Å². The van der Waals surface area contributed by atoms with Crippen LogP contribution in [-0.2, 0) is 47.5 Å². The lowest BCUT2D eigenvalue weighted by Crippen LogP contribution is -2.30. The Bertz CT molecular complexity index is 1320. The molecule has 0 aromatic heterocycles. The molecule has 1 aliphatic rings. The summed E-state index contributed by atoms with van der Waals surface area (Å²) in [5.41, 5.74) is 0. The average molecular weight is 1020 g/mol. The Labute approximate surface area is 440 Å². The number of carbonyl (C=O) groups is 3. The number of rotatable bonds is 53. The van der Waals surface area contributed by atoms with Crippen LogP contribution >= 0.6 is 0 Å². The third-order valence-corrected chi connectivity index (χ3v) is 14.1.